The number of aromatic nitrogens is 1. The van der Waals surface area contributed by atoms with Gasteiger partial charge < -0.3 is 9.47 Å². The van der Waals surface area contributed by atoms with E-state index >= 15 is 0 Å². The number of benzene rings is 1. The van der Waals surface area contributed by atoms with E-state index in [2.05, 4.69) is 4.98 Å². The van der Waals surface area contributed by atoms with Crippen LogP contribution in [0.1, 0.15) is 5.56 Å². The second-order valence-electron chi connectivity index (χ2n) is 4.16. The first-order valence-corrected chi connectivity index (χ1v) is 5.81. The average Bonchev–Trinajstić information content (AvgIpc) is 2.80. The summed E-state index contributed by atoms with van der Waals surface area (Å²) in [6.45, 7) is 0.317. The van der Waals surface area contributed by atoms with Crippen molar-refractivity contribution in [2.75, 3.05) is 6.61 Å². The minimum atomic E-state index is -0.590. The van der Waals surface area contributed by atoms with Crippen LogP contribution in [0, 0.1) is 5.95 Å². The number of hydrogen-bond donors (Lipinski definition) is 0. The second kappa shape index (κ2) is 4.64. The molecule has 3 nitrogen and oxygen atoms in total. The molecule has 1 aromatic heterocycles. The van der Waals surface area contributed by atoms with E-state index in [1.165, 1.54) is 6.20 Å². The Hall–Kier alpha value is -2.10. The fourth-order valence-corrected chi connectivity index (χ4v) is 2.01. The fourth-order valence-electron chi connectivity index (χ4n) is 2.01. The Morgan fingerprint density at radius 1 is 1.28 bits per heavy atom. The summed E-state index contributed by atoms with van der Waals surface area (Å²) in [5.41, 5.74) is 1.16. The van der Waals surface area contributed by atoms with Gasteiger partial charge in [0.05, 0.1) is 0 Å². The molecule has 0 amide bonds. The number of nitrogens with zero attached hydrogens (tertiary/aromatic N) is 1. The van der Waals surface area contributed by atoms with Crippen LogP contribution in [0.5, 0.6) is 11.5 Å². The van der Waals surface area contributed by atoms with E-state index in [0.29, 0.717) is 6.61 Å². The van der Waals surface area contributed by atoms with Crippen LogP contribution in [0.25, 0.3) is 0 Å². The monoisotopic (exact) mass is 245 g/mol. The third-order valence-electron chi connectivity index (χ3n) is 2.86. The Bertz CT molecular complexity index is 534. The van der Waals surface area contributed by atoms with Crippen LogP contribution in [0.2, 0.25) is 0 Å². The topological polar surface area (TPSA) is 31.4 Å². The minimum absolute atomic E-state index is 0.0676. The van der Waals surface area contributed by atoms with Gasteiger partial charge in [0.25, 0.3) is 5.95 Å². The molecular weight excluding hydrogens is 233 g/mol. The van der Waals surface area contributed by atoms with Gasteiger partial charge >= 0.3 is 0 Å². The maximum Gasteiger partial charge on any atom is 0.255 e. The van der Waals surface area contributed by atoms with Gasteiger partial charge in [0.2, 0.25) is 0 Å². The molecule has 0 radical (unpaired) electrons. The summed E-state index contributed by atoms with van der Waals surface area (Å²) in [5.74, 6) is 0.461. The highest BCUT2D eigenvalue weighted by molar-refractivity contribution is 5.37. The molecule has 1 aromatic carbocycles. The number of hydrogen-bond acceptors (Lipinski definition) is 3. The molecule has 2 aromatic rings. The standard InChI is InChI=1S/C14H12FNO2/c15-14-13(6-3-7-16-14)17-9-11-8-10-4-1-2-5-12(10)18-11/h1-7,11H,8-9H2. The smallest absolute Gasteiger partial charge is 0.255 e. The molecule has 0 saturated carbocycles. The second-order valence-corrected chi connectivity index (χ2v) is 4.16. The zero-order chi connectivity index (χ0) is 12.4. The van der Waals surface area contributed by atoms with Crippen molar-refractivity contribution in [3.8, 4) is 11.5 Å². The van der Waals surface area contributed by atoms with Gasteiger partial charge in [-0.15, -0.1) is 0 Å². The number of para-hydroxylation sites is 1. The van der Waals surface area contributed by atoms with Crippen LogP contribution in [0.3, 0.4) is 0 Å². The number of halogens is 1. The van der Waals surface area contributed by atoms with Crippen molar-refractivity contribution in [1.82, 2.24) is 4.98 Å². The molecule has 1 aliphatic heterocycles. The predicted octanol–water partition coefficient (Wildman–Crippen LogP) is 2.60. The van der Waals surface area contributed by atoms with Crippen LogP contribution in [0.15, 0.2) is 42.6 Å². The summed E-state index contributed by atoms with van der Waals surface area (Å²) in [4.78, 5) is 3.53. The van der Waals surface area contributed by atoms with E-state index in [9.17, 15) is 4.39 Å². The molecule has 0 aliphatic carbocycles. The van der Waals surface area contributed by atoms with Crippen LogP contribution in [-0.4, -0.2) is 17.7 Å². The largest absolute Gasteiger partial charge is 0.486 e. The highest BCUT2D eigenvalue weighted by atomic mass is 19.1. The molecule has 4 heteroatoms. The van der Waals surface area contributed by atoms with Gasteiger partial charge in [-0.2, -0.15) is 4.39 Å². The number of fused-ring (bicyclic) bond motifs is 1. The van der Waals surface area contributed by atoms with Gasteiger partial charge in [0, 0.05) is 12.6 Å². The highest BCUT2D eigenvalue weighted by Gasteiger charge is 2.23. The number of pyridine rings is 1. The summed E-state index contributed by atoms with van der Waals surface area (Å²) in [6.07, 6.45) is 2.12. The third kappa shape index (κ3) is 2.14. The van der Waals surface area contributed by atoms with Crippen molar-refractivity contribution in [2.45, 2.75) is 12.5 Å². The fraction of sp³-hybridized carbons (Fsp3) is 0.214. The molecule has 1 unspecified atom stereocenters. The molecule has 3 rings (SSSR count). The normalized spacial score (nSPS) is 17.1. The lowest BCUT2D eigenvalue weighted by molar-refractivity contribution is 0.144. The SMILES string of the molecule is Fc1ncccc1OCC1Cc2ccccc2O1. The van der Waals surface area contributed by atoms with E-state index in [1.54, 1.807) is 12.1 Å². The Kier molecular flexibility index (Phi) is 2.84. The van der Waals surface area contributed by atoms with Crippen molar-refractivity contribution >= 4 is 0 Å². The molecule has 0 N–H and O–H groups in total. The molecule has 18 heavy (non-hydrogen) atoms. The van der Waals surface area contributed by atoms with Gasteiger partial charge in [-0.05, 0) is 23.8 Å². The predicted molar refractivity (Wildman–Crippen MR) is 64.3 cm³/mol. The maximum absolute atomic E-state index is 13.2. The molecule has 1 atom stereocenters. The van der Waals surface area contributed by atoms with Gasteiger partial charge in [-0.1, -0.05) is 18.2 Å². The number of ether oxygens (including phenoxy) is 2. The zero-order valence-corrected chi connectivity index (χ0v) is 9.67. The molecule has 0 fully saturated rings. The summed E-state index contributed by atoms with van der Waals surface area (Å²) in [7, 11) is 0. The van der Waals surface area contributed by atoms with E-state index in [4.69, 9.17) is 9.47 Å². The first kappa shape index (κ1) is 11.0. The highest BCUT2D eigenvalue weighted by Crippen LogP contribution is 2.28. The van der Waals surface area contributed by atoms with Crippen molar-refractivity contribution in [3.63, 3.8) is 0 Å². The molecule has 0 bridgehead atoms. The van der Waals surface area contributed by atoms with Gasteiger partial charge in [0.1, 0.15) is 18.5 Å². The van der Waals surface area contributed by atoms with Crippen LogP contribution < -0.4 is 9.47 Å². The van der Waals surface area contributed by atoms with E-state index in [1.807, 2.05) is 24.3 Å². The van der Waals surface area contributed by atoms with E-state index in [0.717, 1.165) is 17.7 Å². The van der Waals surface area contributed by atoms with Gasteiger partial charge in [-0.25, -0.2) is 4.98 Å². The van der Waals surface area contributed by atoms with Crippen LogP contribution >= 0.6 is 0 Å². The molecule has 92 valence electrons. The quantitative estimate of drug-likeness (QED) is 0.779. The van der Waals surface area contributed by atoms with E-state index < -0.39 is 5.95 Å². The lowest BCUT2D eigenvalue weighted by atomic mass is 10.1. The Labute approximate surface area is 104 Å². The first-order chi connectivity index (χ1) is 8.83. The molecule has 0 saturated heterocycles. The summed E-state index contributed by atoms with van der Waals surface area (Å²) in [6, 6.07) is 11.1. The first-order valence-electron chi connectivity index (χ1n) is 5.81. The number of rotatable bonds is 3. The minimum Gasteiger partial charge on any atom is -0.486 e. The van der Waals surface area contributed by atoms with Crippen LogP contribution in [0.4, 0.5) is 4.39 Å². The van der Waals surface area contributed by atoms with Crippen molar-refractivity contribution < 1.29 is 13.9 Å². The lowest BCUT2D eigenvalue weighted by Gasteiger charge is -2.12. The summed E-state index contributed by atoms with van der Waals surface area (Å²) >= 11 is 0. The summed E-state index contributed by atoms with van der Waals surface area (Å²) < 4.78 is 24.3. The van der Waals surface area contributed by atoms with E-state index in [-0.39, 0.29) is 11.9 Å². The Balaban J connectivity index is 1.62. The van der Waals surface area contributed by atoms with Gasteiger partial charge in [-0.3, -0.25) is 0 Å². The molecule has 1 aliphatic rings. The Morgan fingerprint density at radius 2 is 2.17 bits per heavy atom. The molecule has 0 spiro atoms. The average molecular weight is 245 g/mol. The van der Waals surface area contributed by atoms with Crippen molar-refractivity contribution in [1.29, 1.82) is 0 Å². The third-order valence-corrected chi connectivity index (χ3v) is 2.86. The lowest BCUT2D eigenvalue weighted by Crippen LogP contribution is -2.22. The zero-order valence-electron chi connectivity index (χ0n) is 9.67. The molecule has 2 heterocycles. The maximum atomic E-state index is 13.2. The van der Waals surface area contributed by atoms with Crippen LogP contribution in [-0.2, 0) is 6.42 Å². The summed E-state index contributed by atoms with van der Waals surface area (Å²) in [5, 5.41) is 0. The molecular formula is C14H12FNO2. The van der Waals surface area contributed by atoms with Crippen molar-refractivity contribution in [2.24, 2.45) is 0 Å². The van der Waals surface area contributed by atoms with Crippen molar-refractivity contribution in [3.05, 3.63) is 54.1 Å². The van der Waals surface area contributed by atoms with Gasteiger partial charge in [0.15, 0.2) is 5.75 Å². The Morgan fingerprint density at radius 3 is 3.00 bits per heavy atom.